The van der Waals surface area contributed by atoms with Crippen LogP contribution in [0.2, 0.25) is 0 Å². The smallest absolute Gasteiger partial charge is 0.329 e. The Morgan fingerprint density at radius 1 is 1.16 bits per heavy atom. The molecule has 5 rings (SSSR count). The van der Waals surface area contributed by atoms with Crippen LogP contribution in [0.15, 0.2) is 24.3 Å². The molecule has 0 unspecified atom stereocenters. The molecule has 1 aliphatic rings. The Labute approximate surface area is 279 Å². The molecule has 0 bridgehead atoms. The van der Waals surface area contributed by atoms with Crippen molar-refractivity contribution < 1.29 is 68.8 Å². The molecule has 12 nitrogen and oxygen atoms in total. The van der Waals surface area contributed by atoms with Crippen LogP contribution >= 0.6 is 0 Å². The number of carbonyl (C=O) groups is 4. The van der Waals surface area contributed by atoms with Crippen molar-refractivity contribution in [1.29, 1.82) is 0 Å². The van der Waals surface area contributed by atoms with Crippen LogP contribution in [0.1, 0.15) is 50.7 Å². The minimum atomic E-state index is -0.553. The molecule has 1 aliphatic heterocycles. The van der Waals surface area contributed by atoms with E-state index in [1.165, 1.54) is 22.9 Å². The molecule has 4 aromatic rings. The molecule has 5 amide bonds. The second-order valence-corrected chi connectivity index (χ2v) is 9.80. The first-order valence-corrected chi connectivity index (χ1v) is 13.4. The fourth-order valence-corrected chi connectivity index (χ4v) is 4.53. The van der Waals surface area contributed by atoms with Crippen LogP contribution in [-0.4, -0.2) is 54.6 Å². The number of aromatic nitrogens is 4. The zero-order valence-corrected chi connectivity index (χ0v) is 29.8. The number of anilines is 2. The maximum absolute atomic E-state index is 14.2. The van der Waals surface area contributed by atoms with Crippen LogP contribution in [-0.2, 0) is 56.9 Å². The Balaban J connectivity index is 0.000000294. The number of aldehydes is 1. The molecular formula is C28H30F2N8O4Re2-2. The summed E-state index contributed by atoms with van der Waals surface area (Å²) in [5.41, 5.74) is 1.80. The number of urea groups is 2. The zero-order valence-electron chi connectivity index (χ0n) is 24.3. The summed E-state index contributed by atoms with van der Waals surface area (Å²) in [5.74, 6) is -0.524. The predicted molar refractivity (Wildman–Crippen MR) is 151 cm³/mol. The molecular weight excluding hydrogens is 923 g/mol. The van der Waals surface area contributed by atoms with Gasteiger partial charge in [-0.15, -0.1) is 5.52 Å². The number of carbonyl (C=O) groups excluding carboxylic acids is 4. The van der Waals surface area contributed by atoms with Crippen molar-refractivity contribution in [3.8, 4) is 0 Å². The normalized spacial score (nSPS) is 12.7. The number of fused-ring (bicyclic) bond motifs is 2. The van der Waals surface area contributed by atoms with Crippen molar-refractivity contribution in [2.75, 3.05) is 29.9 Å². The van der Waals surface area contributed by atoms with Gasteiger partial charge in [0.15, 0.2) is 0 Å². The first kappa shape index (κ1) is 36.6. The van der Waals surface area contributed by atoms with E-state index in [2.05, 4.69) is 31.0 Å². The van der Waals surface area contributed by atoms with Crippen molar-refractivity contribution >= 4 is 57.7 Å². The number of hydrogen-bond donors (Lipinski definition) is 2. The van der Waals surface area contributed by atoms with Gasteiger partial charge in [0.05, 0.1) is 0 Å². The third kappa shape index (κ3) is 7.56. The summed E-state index contributed by atoms with van der Waals surface area (Å²) in [7, 11) is 1.48. The van der Waals surface area contributed by atoms with Gasteiger partial charge in [-0.05, 0) is 29.5 Å². The number of nitrogens with zero attached hydrogens (tertiary/aromatic N) is 6. The van der Waals surface area contributed by atoms with Gasteiger partial charge in [0.1, 0.15) is 29.6 Å². The van der Waals surface area contributed by atoms with E-state index in [-0.39, 0.29) is 102 Å². The number of halogens is 2. The van der Waals surface area contributed by atoms with Gasteiger partial charge in [-0.1, -0.05) is 44.5 Å². The van der Waals surface area contributed by atoms with E-state index in [9.17, 15) is 28.0 Å². The first-order valence-electron chi connectivity index (χ1n) is 13.4. The standard InChI is InChI=1S/C15H19FN4O2.C13H13FN4O2.2Re/c1-9(2)10-8-13-11(7-12(10)16)14(19-18-13)20(5-4-6-21)15(22)17-3;1-2-7-3-4-8-11(10(7)14)16-17-12(8)18-6-5-9(19)15-13(18)20;;/h6-9H,4-5H2,1-3H3,(H2,17,18,19,22);3-4H,2,5-6H2,1H3,(H2,15,16,17,19,20);;/p-2. The Bertz CT molecular complexity index is 1660. The fourth-order valence-electron chi connectivity index (χ4n) is 4.53. The number of imide groups is 1. The topological polar surface area (TPSA) is 153 Å². The van der Waals surface area contributed by atoms with Gasteiger partial charge in [0, 0.05) is 84.6 Å². The Hall–Kier alpha value is -3.56. The summed E-state index contributed by atoms with van der Waals surface area (Å²) >= 11 is 0. The number of hydrogen-bond acceptors (Lipinski definition) is 6. The summed E-state index contributed by atoms with van der Waals surface area (Å²) in [4.78, 5) is 48.0. The van der Waals surface area contributed by atoms with Crippen LogP contribution in [0.5, 0.6) is 0 Å². The summed E-state index contributed by atoms with van der Waals surface area (Å²) < 4.78 is 28.3. The summed E-state index contributed by atoms with van der Waals surface area (Å²) in [6.07, 6.45) is 1.62. The van der Waals surface area contributed by atoms with Crippen molar-refractivity contribution in [2.45, 2.75) is 46.0 Å². The van der Waals surface area contributed by atoms with Crippen molar-refractivity contribution in [1.82, 2.24) is 31.0 Å². The van der Waals surface area contributed by atoms with Gasteiger partial charge in [-0.3, -0.25) is 19.9 Å². The van der Waals surface area contributed by atoms with Gasteiger partial charge in [0.25, 0.3) is 0 Å². The van der Waals surface area contributed by atoms with Crippen LogP contribution in [0.3, 0.4) is 0 Å². The second-order valence-electron chi connectivity index (χ2n) is 9.80. The van der Waals surface area contributed by atoms with Crippen molar-refractivity contribution in [2.24, 2.45) is 0 Å². The number of aryl methyl sites for hydroxylation is 1. The average molecular weight is 953 g/mol. The summed E-state index contributed by atoms with van der Waals surface area (Å²) in [5, 5.41) is 21.3. The molecule has 0 atom stereocenters. The number of benzene rings is 2. The summed E-state index contributed by atoms with van der Waals surface area (Å²) in [6, 6.07) is 5.39. The third-order valence-corrected chi connectivity index (χ3v) is 6.79. The van der Waals surface area contributed by atoms with Gasteiger partial charge in [0.2, 0.25) is 5.91 Å². The van der Waals surface area contributed by atoms with Crippen molar-refractivity contribution in [3.63, 3.8) is 0 Å². The van der Waals surface area contributed by atoms with Gasteiger partial charge in [-0.2, -0.15) is 0 Å². The molecule has 0 saturated carbocycles. The first-order chi connectivity index (χ1) is 20.1. The summed E-state index contributed by atoms with van der Waals surface area (Å²) in [6.45, 7) is 6.01. The zero-order chi connectivity index (χ0) is 30.6. The number of amides is 5. The molecule has 1 saturated heterocycles. The molecule has 44 heavy (non-hydrogen) atoms. The van der Waals surface area contributed by atoms with Gasteiger partial charge < -0.3 is 30.5 Å². The quantitative estimate of drug-likeness (QED) is 0.267. The molecule has 0 spiro atoms. The largest absolute Gasteiger partial charge is 0.573 e. The molecule has 236 valence electrons. The van der Waals surface area contributed by atoms with E-state index in [0.717, 1.165) is 0 Å². The third-order valence-electron chi connectivity index (χ3n) is 6.79. The van der Waals surface area contributed by atoms with E-state index in [1.807, 2.05) is 20.8 Å². The monoisotopic (exact) mass is 954 g/mol. The molecule has 3 heterocycles. The average Bonchev–Trinajstić information content (AvgIpc) is 3.58. The fraction of sp³-hybridized carbons (Fsp3) is 0.357. The minimum Gasteiger partial charge on any atom is -0.573 e. The number of rotatable bonds is 7. The van der Waals surface area contributed by atoms with Crippen molar-refractivity contribution in [3.05, 3.63) is 47.0 Å². The van der Waals surface area contributed by atoms with E-state index < -0.39 is 17.9 Å². The molecule has 2 N–H and O–H groups in total. The molecule has 2 aromatic heterocycles. The predicted octanol–water partition coefficient (Wildman–Crippen LogP) is 3.52. The SMILES string of the molecule is CCc1ccc2c(N3CCC(=O)NC3=O)n[n-]c2c1F.CNC(=O)N(CCC=O)c1n[n-]c2cc(C(C)C)c(F)cc12.[Re].[Re]. The Kier molecular flexibility index (Phi) is 13.3. The Morgan fingerprint density at radius 2 is 1.89 bits per heavy atom. The van der Waals surface area contributed by atoms with E-state index >= 15 is 0 Å². The van der Waals surface area contributed by atoms with E-state index in [0.29, 0.717) is 40.1 Å². The van der Waals surface area contributed by atoms with Crippen LogP contribution in [0, 0.1) is 11.6 Å². The van der Waals surface area contributed by atoms with Gasteiger partial charge in [-0.25, -0.2) is 18.4 Å². The minimum absolute atomic E-state index is 0. The van der Waals surface area contributed by atoms with E-state index in [4.69, 9.17) is 0 Å². The maximum atomic E-state index is 14.2. The molecule has 16 heteroatoms. The maximum Gasteiger partial charge on any atom is 0.329 e. The van der Waals surface area contributed by atoms with E-state index in [1.54, 1.807) is 18.2 Å². The molecule has 1 fully saturated rings. The van der Waals surface area contributed by atoms with Gasteiger partial charge >= 0.3 is 12.1 Å². The van der Waals surface area contributed by atoms with Crippen LogP contribution < -0.4 is 30.6 Å². The van der Waals surface area contributed by atoms with Crippen LogP contribution in [0.4, 0.5) is 30.0 Å². The molecule has 2 radical (unpaired) electrons. The Morgan fingerprint density at radius 3 is 2.50 bits per heavy atom. The molecule has 2 aromatic carbocycles. The molecule has 0 aliphatic carbocycles. The van der Waals surface area contributed by atoms with Crippen LogP contribution in [0.25, 0.3) is 21.8 Å². The number of nitrogens with one attached hydrogen (secondary N) is 2. The second kappa shape index (κ2) is 16.0.